The van der Waals surface area contributed by atoms with Gasteiger partial charge in [-0.1, -0.05) is 37.5 Å². The van der Waals surface area contributed by atoms with Gasteiger partial charge in [-0.25, -0.2) is 0 Å². The molecule has 0 fully saturated rings. The summed E-state index contributed by atoms with van der Waals surface area (Å²) < 4.78 is 0. The van der Waals surface area contributed by atoms with Crippen LogP contribution in [-0.2, 0) is 6.42 Å². The molecule has 0 bridgehead atoms. The van der Waals surface area contributed by atoms with E-state index in [0.717, 1.165) is 12.8 Å². The van der Waals surface area contributed by atoms with Crippen molar-refractivity contribution < 1.29 is 0 Å². The molecule has 0 radical (unpaired) electrons. The normalized spacial score (nSPS) is 11.8. The molecule has 1 unspecified atom stereocenters. The zero-order valence-corrected chi connectivity index (χ0v) is 11.1. The summed E-state index contributed by atoms with van der Waals surface area (Å²) in [5.74, 6) is 6.93. The maximum atomic E-state index is 3.30. The van der Waals surface area contributed by atoms with Gasteiger partial charge in [-0.15, -0.1) is 5.92 Å². The first-order valence-electron chi connectivity index (χ1n) is 6.09. The molecule has 0 heterocycles. The zero-order chi connectivity index (χ0) is 12.1. The molecular formula is C16H22. The van der Waals surface area contributed by atoms with Gasteiger partial charge in [0, 0.05) is 12.3 Å². The van der Waals surface area contributed by atoms with Gasteiger partial charge < -0.3 is 0 Å². The van der Waals surface area contributed by atoms with Gasteiger partial charge in [0.25, 0.3) is 0 Å². The molecule has 0 saturated heterocycles. The number of hydrogen-bond donors (Lipinski definition) is 0. The number of rotatable bonds is 2. The van der Waals surface area contributed by atoms with Crippen LogP contribution in [0.1, 0.15) is 42.5 Å². The van der Waals surface area contributed by atoms with E-state index in [1.807, 2.05) is 0 Å². The molecule has 0 aromatic heterocycles. The number of benzene rings is 1. The van der Waals surface area contributed by atoms with Gasteiger partial charge >= 0.3 is 0 Å². The zero-order valence-electron chi connectivity index (χ0n) is 11.1. The molecule has 0 aliphatic carbocycles. The third kappa shape index (κ3) is 3.42. The summed E-state index contributed by atoms with van der Waals surface area (Å²) in [6.45, 7) is 10.9. The van der Waals surface area contributed by atoms with Gasteiger partial charge in [0.1, 0.15) is 0 Å². The molecule has 1 aromatic rings. The standard InChI is InChI=1S/C16H22/c1-6-7-8-12(2)11-16-14(4)9-13(3)10-15(16)5/h9-10,12H,6,11H2,1-5H3. The van der Waals surface area contributed by atoms with Gasteiger partial charge in [-0.3, -0.25) is 0 Å². The van der Waals surface area contributed by atoms with Crippen LogP contribution in [0, 0.1) is 38.5 Å². The predicted octanol–water partition coefficient (Wildman–Crippen LogP) is 4.20. The minimum Gasteiger partial charge on any atom is -0.103 e. The van der Waals surface area contributed by atoms with Crippen molar-refractivity contribution in [2.45, 2.75) is 47.5 Å². The largest absolute Gasteiger partial charge is 0.103 e. The molecule has 0 aliphatic rings. The summed E-state index contributed by atoms with van der Waals surface area (Å²) in [5.41, 5.74) is 5.64. The SMILES string of the molecule is CCC#CC(C)Cc1c(C)cc(C)cc1C. The van der Waals surface area contributed by atoms with E-state index in [4.69, 9.17) is 0 Å². The van der Waals surface area contributed by atoms with Gasteiger partial charge in [-0.2, -0.15) is 0 Å². The topological polar surface area (TPSA) is 0 Å². The fourth-order valence-corrected chi connectivity index (χ4v) is 2.17. The van der Waals surface area contributed by atoms with Crippen LogP contribution in [-0.4, -0.2) is 0 Å². The Hall–Kier alpha value is -1.22. The van der Waals surface area contributed by atoms with Gasteiger partial charge in [-0.05, 0) is 43.9 Å². The highest BCUT2D eigenvalue weighted by atomic mass is 14.1. The third-order valence-electron chi connectivity index (χ3n) is 2.88. The second-order valence-electron chi connectivity index (χ2n) is 4.66. The summed E-state index contributed by atoms with van der Waals surface area (Å²) >= 11 is 0. The molecule has 0 heteroatoms. The molecule has 0 saturated carbocycles. The minimum atomic E-state index is 0.458. The van der Waals surface area contributed by atoms with Crippen molar-refractivity contribution in [2.24, 2.45) is 5.92 Å². The lowest BCUT2D eigenvalue weighted by Crippen LogP contribution is -2.02. The molecule has 86 valence electrons. The molecule has 1 rings (SSSR count). The molecular weight excluding hydrogens is 192 g/mol. The first-order chi connectivity index (χ1) is 7.54. The van der Waals surface area contributed by atoms with Crippen molar-refractivity contribution in [3.8, 4) is 11.8 Å². The molecule has 16 heavy (non-hydrogen) atoms. The lowest BCUT2D eigenvalue weighted by molar-refractivity contribution is 0.741. The predicted molar refractivity (Wildman–Crippen MR) is 71.6 cm³/mol. The van der Waals surface area contributed by atoms with Crippen LogP contribution in [0.4, 0.5) is 0 Å². The van der Waals surface area contributed by atoms with Crippen molar-refractivity contribution >= 4 is 0 Å². The minimum absolute atomic E-state index is 0.458. The third-order valence-corrected chi connectivity index (χ3v) is 2.88. The van der Waals surface area contributed by atoms with Gasteiger partial charge in [0.15, 0.2) is 0 Å². The first-order valence-corrected chi connectivity index (χ1v) is 6.09. The van der Waals surface area contributed by atoms with Crippen LogP contribution >= 0.6 is 0 Å². The molecule has 0 amide bonds. The van der Waals surface area contributed by atoms with Crippen molar-refractivity contribution in [1.29, 1.82) is 0 Å². The van der Waals surface area contributed by atoms with Crippen LogP contribution in [0.3, 0.4) is 0 Å². The molecule has 0 spiro atoms. The summed E-state index contributed by atoms with van der Waals surface area (Å²) in [4.78, 5) is 0. The maximum Gasteiger partial charge on any atom is 0.0215 e. The van der Waals surface area contributed by atoms with Crippen molar-refractivity contribution in [3.05, 3.63) is 34.4 Å². The van der Waals surface area contributed by atoms with Crippen molar-refractivity contribution in [3.63, 3.8) is 0 Å². The van der Waals surface area contributed by atoms with Gasteiger partial charge in [0.05, 0.1) is 0 Å². The lowest BCUT2D eigenvalue weighted by Gasteiger charge is -2.12. The van der Waals surface area contributed by atoms with E-state index < -0.39 is 0 Å². The summed E-state index contributed by atoms with van der Waals surface area (Å²) in [6.07, 6.45) is 2.03. The van der Waals surface area contributed by atoms with E-state index in [0.29, 0.717) is 5.92 Å². The van der Waals surface area contributed by atoms with E-state index in [9.17, 15) is 0 Å². The first kappa shape index (κ1) is 12.8. The van der Waals surface area contributed by atoms with E-state index >= 15 is 0 Å². The molecule has 0 nitrogen and oxygen atoms in total. The lowest BCUT2D eigenvalue weighted by atomic mass is 9.92. The Kier molecular flexibility index (Phi) is 4.62. The Labute approximate surface area is 100 Å². The highest BCUT2D eigenvalue weighted by Gasteiger charge is 2.07. The second kappa shape index (κ2) is 5.75. The molecule has 0 N–H and O–H groups in total. The number of hydrogen-bond acceptors (Lipinski definition) is 0. The van der Waals surface area contributed by atoms with Crippen LogP contribution < -0.4 is 0 Å². The average Bonchev–Trinajstić information content (AvgIpc) is 2.20. The second-order valence-corrected chi connectivity index (χ2v) is 4.66. The van der Waals surface area contributed by atoms with E-state index in [2.05, 4.69) is 58.6 Å². The van der Waals surface area contributed by atoms with Gasteiger partial charge in [0.2, 0.25) is 0 Å². The van der Waals surface area contributed by atoms with Crippen LogP contribution in [0.15, 0.2) is 12.1 Å². The molecule has 0 aliphatic heterocycles. The highest BCUT2D eigenvalue weighted by Crippen LogP contribution is 2.19. The fourth-order valence-electron chi connectivity index (χ4n) is 2.17. The van der Waals surface area contributed by atoms with E-state index in [-0.39, 0.29) is 0 Å². The quantitative estimate of drug-likeness (QED) is 0.647. The Balaban J connectivity index is 2.89. The van der Waals surface area contributed by atoms with Crippen LogP contribution in [0.5, 0.6) is 0 Å². The summed E-state index contributed by atoms with van der Waals surface area (Å²) in [6, 6.07) is 4.53. The monoisotopic (exact) mass is 214 g/mol. The average molecular weight is 214 g/mol. The Bertz CT molecular complexity index is 392. The smallest absolute Gasteiger partial charge is 0.0215 e. The van der Waals surface area contributed by atoms with Crippen LogP contribution in [0.2, 0.25) is 0 Å². The Morgan fingerprint density at radius 1 is 1.12 bits per heavy atom. The molecule has 1 atom stereocenters. The highest BCUT2D eigenvalue weighted by molar-refractivity contribution is 5.38. The fraction of sp³-hybridized carbons (Fsp3) is 0.500. The van der Waals surface area contributed by atoms with E-state index in [1.54, 1.807) is 0 Å². The maximum absolute atomic E-state index is 3.30. The van der Waals surface area contributed by atoms with Crippen LogP contribution in [0.25, 0.3) is 0 Å². The van der Waals surface area contributed by atoms with Crippen molar-refractivity contribution in [1.82, 2.24) is 0 Å². The summed E-state index contributed by atoms with van der Waals surface area (Å²) in [7, 11) is 0. The Morgan fingerprint density at radius 2 is 1.69 bits per heavy atom. The molecule has 1 aromatic carbocycles. The van der Waals surface area contributed by atoms with Crippen molar-refractivity contribution in [2.75, 3.05) is 0 Å². The summed E-state index contributed by atoms with van der Waals surface area (Å²) in [5, 5.41) is 0. The van der Waals surface area contributed by atoms with E-state index in [1.165, 1.54) is 22.3 Å². The number of aryl methyl sites for hydroxylation is 3. The Morgan fingerprint density at radius 3 is 2.19 bits per heavy atom.